The standard InChI is InChI=1S/C16H24N6O.HI/c1-4-17-16(20-13(2)11-23-3)18-10-15-21-19-12-22(15)14-8-6-5-7-9-14;/h5-9,12-13H,4,10-11H2,1-3H3,(H2,17,18,20);1H. The lowest BCUT2D eigenvalue weighted by Gasteiger charge is -2.16. The minimum absolute atomic E-state index is 0. The van der Waals surface area contributed by atoms with E-state index < -0.39 is 0 Å². The SMILES string of the molecule is CCNC(=NCc1nncn1-c1ccccc1)NC(C)COC.I. The van der Waals surface area contributed by atoms with Crippen molar-refractivity contribution in [1.82, 2.24) is 25.4 Å². The molecule has 2 rings (SSSR count). The summed E-state index contributed by atoms with van der Waals surface area (Å²) in [6, 6.07) is 10.2. The number of nitrogens with one attached hydrogen (secondary N) is 2. The Kier molecular flexibility index (Phi) is 9.31. The van der Waals surface area contributed by atoms with E-state index in [-0.39, 0.29) is 30.0 Å². The lowest BCUT2D eigenvalue weighted by molar-refractivity contribution is 0.179. The fourth-order valence-corrected chi connectivity index (χ4v) is 2.17. The molecule has 1 aromatic carbocycles. The monoisotopic (exact) mass is 444 g/mol. The van der Waals surface area contributed by atoms with E-state index in [4.69, 9.17) is 4.74 Å². The van der Waals surface area contributed by atoms with E-state index in [1.54, 1.807) is 13.4 Å². The number of hydrogen-bond donors (Lipinski definition) is 2. The van der Waals surface area contributed by atoms with E-state index >= 15 is 0 Å². The fraction of sp³-hybridized carbons (Fsp3) is 0.438. The zero-order valence-electron chi connectivity index (χ0n) is 14.3. The van der Waals surface area contributed by atoms with Crippen molar-refractivity contribution < 1.29 is 4.74 Å². The van der Waals surface area contributed by atoms with Gasteiger partial charge in [-0.25, -0.2) is 4.99 Å². The molecule has 0 saturated heterocycles. The van der Waals surface area contributed by atoms with E-state index in [0.29, 0.717) is 13.2 Å². The zero-order chi connectivity index (χ0) is 16.5. The maximum Gasteiger partial charge on any atom is 0.191 e. The van der Waals surface area contributed by atoms with Crippen LogP contribution >= 0.6 is 24.0 Å². The summed E-state index contributed by atoms with van der Waals surface area (Å²) in [7, 11) is 1.69. The average molecular weight is 444 g/mol. The van der Waals surface area contributed by atoms with Crippen LogP contribution in [0.2, 0.25) is 0 Å². The van der Waals surface area contributed by atoms with E-state index in [9.17, 15) is 0 Å². The second-order valence-electron chi connectivity index (χ2n) is 5.15. The Balaban J connectivity index is 0.00000288. The van der Waals surface area contributed by atoms with Crippen LogP contribution in [0, 0.1) is 0 Å². The van der Waals surface area contributed by atoms with Gasteiger partial charge in [-0.2, -0.15) is 0 Å². The van der Waals surface area contributed by atoms with Gasteiger partial charge < -0.3 is 15.4 Å². The number of benzene rings is 1. The van der Waals surface area contributed by atoms with Crippen LogP contribution in [0.3, 0.4) is 0 Å². The summed E-state index contributed by atoms with van der Waals surface area (Å²) in [5, 5.41) is 14.7. The van der Waals surface area contributed by atoms with Crippen LogP contribution < -0.4 is 10.6 Å². The minimum Gasteiger partial charge on any atom is -0.383 e. The quantitative estimate of drug-likeness (QED) is 0.388. The molecule has 0 aliphatic heterocycles. The summed E-state index contributed by atoms with van der Waals surface area (Å²) >= 11 is 0. The van der Waals surface area contributed by atoms with Crippen molar-refractivity contribution in [2.45, 2.75) is 26.4 Å². The number of guanidine groups is 1. The Hall–Kier alpha value is -1.68. The normalized spacial score (nSPS) is 12.4. The molecular formula is C16H25IN6O. The molecule has 0 spiro atoms. The van der Waals surface area contributed by atoms with Crippen molar-refractivity contribution in [2.24, 2.45) is 4.99 Å². The molecule has 8 heteroatoms. The average Bonchev–Trinajstić information content (AvgIpc) is 3.02. The highest BCUT2D eigenvalue weighted by atomic mass is 127. The first-order chi connectivity index (χ1) is 11.2. The number of aliphatic imine (C=N–C) groups is 1. The Morgan fingerprint density at radius 3 is 2.75 bits per heavy atom. The van der Waals surface area contributed by atoms with Crippen molar-refractivity contribution in [3.8, 4) is 5.69 Å². The maximum atomic E-state index is 5.14. The van der Waals surface area contributed by atoms with Gasteiger partial charge in [-0.1, -0.05) is 18.2 Å². The van der Waals surface area contributed by atoms with Gasteiger partial charge in [0.25, 0.3) is 0 Å². The van der Waals surface area contributed by atoms with E-state index in [1.807, 2.05) is 48.7 Å². The summed E-state index contributed by atoms with van der Waals surface area (Å²) in [4.78, 5) is 4.58. The third kappa shape index (κ3) is 6.08. The van der Waals surface area contributed by atoms with Crippen molar-refractivity contribution in [1.29, 1.82) is 0 Å². The Labute approximate surface area is 159 Å². The molecule has 1 atom stereocenters. The van der Waals surface area contributed by atoms with Gasteiger partial charge in [0, 0.05) is 25.4 Å². The highest BCUT2D eigenvalue weighted by Gasteiger charge is 2.08. The molecule has 1 unspecified atom stereocenters. The molecule has 0 aliphatic carbocycles. The molecule has 1 heterocycles. The molecule has 1 aromatic heterocycles. The second kappa shape index (κ2) is 11.0. The molecule has 0 radical (unpaired) electrons. The van der Waals surface area contributed by atoms with Crippen molar-refractivity contribution in [2.75, 3.05) is 20.3 Å². The summed E-state index contributed by atoms with van der Waals surface area (Å²) in [6.07, 6.45) is 1.70. The lowest BCUT2D eigenvalue weighted by atomic mass is 10.3. The molecule has 132 valence electrons. The first-order valence-electron chi connectivity index (χ1n) is 7.72. The number of rotatable bonds is 7. The minimum atomic E-state index is 0. The van der Waals surface area contributed by atoms with Crippen LogP contribution in [0.5, 0.6) is 0 Å². The van der Waals surface area contributed by atoms with Crippen LogP contribution in [-0.2, 0) is 11.3 Å². The number of methoxy groups -OCH3 is 1. The van der Waals surface area contributed by atoms with Gasteiger partial charge in [-0.3, -0.25) is 4.57 Å². The Morgan fingerprint density at radius 1 is 1.33 bits per heavy atom. The topological polar surface area (TPSA) is 76.4 Å². The van der Waals surface area contributed by atoms with Crippen LogP contribution in [0.15, 0.2) is 41.7 Å². The summed E-state index contributed by atoms with van der Waals surface area (Å²) in [5.74, 6) is 1.52. The van der Waals surface area contributed by atoms with E-state index in [0.717, 1.165) is 24.0 Å². The van der Waals surface area contributed by atoms with E-state index in [1.165, 1.54) is 0 Å². The third-order valence-electron chi connectivity index (χ3n) is 3.18. The predicted octanol–water partition coefficient (Wildman–Crippen LogP) is 1.98. The Bertz CT molecular complexity index is 616. The van der Waals surface area contributed by atoms with Crippen LogP contribution in [0.25, 0.3) is 5.69 Å². The van der Waals surface area contributed by atoms with Crippen LogP contribution in [0.1, 0.15) is 19.7 Å². The van der Waals surface area contributed by atoms with Gasteiger partial charge in [0.1, 0.15) is 12.9 Å². The van der Waals surface area contributed by atoms with Crippen molar-refractivity contribution in [3.63, 3.8) is 0 Å². The van der Waals surface area contributed by atoms with Gasteiger partial charge >= 0.3 is 0 Å². The summed E-state index contributed by atoms with van der Waals surface area (Å²) in [5.41, 5.74) is 1.02. The molecule has 24 heavy (non-hydrogen) atoms. The van der Waals surface area contributed by atoms with Crippen LogP contribution in [-0.4, -0.2) is 47.0 Å². The maximum absolute atomic E-state index is 5.14. The molecule has 0 saturated carbocycles. The molecule has 0 aliphatic rings. The third-order valence-corrected chi connectivity index (χ3v) is 3.18. The molecular weight excluding hydrogens is 419 g/mol. The van der Waals surface area contributed by atoms with E-state index in [2.05, 4.69) is 25.8 Å². The number of hydrogen-bond acceptors (Lipinski definition) is 4. The zero-order valence-corrected chi connectivity index (χ0v) is 16.6. The van der Waals surface area contributed by atoms with Gasteiger partial charge in [-0.15, -0.1) is 34.2 Å². The smallest absolute Gasteiger partial charge is 0.191 e. The summed E-state index contributed by atoms with van der Waals surface area (Å²) < 4.78 is 7.07. The number of para-hydroxylation sites is 1. The van der Waals surface area contributed by atoms with Gasteiger partial charge in [0.15, 0.2) is 11.8 Å². The molecule has 2 aromatic rings. The van der Waals surface area contributed by atoms with Gasteiger partial charge in [0.2, 0.25) is 0 Å². The lowest BCUT2D eigenvalue weighted by Crippen LogP contribution is -2.44. The highest BCUT2D eigenvalue weighted by molar-refractivity contribution is 14.0. The molecule has 7 nitrogen and oxygen atoms in total. The number of ether oxygens (including phenoxy) is 1. The predicted molar refractivity (Wildman–Crippen MR) is 106 cm³/mol. The molecule has 0 fully saturated rings. The fourth-order valence-electron chi connectivity index (χ4n) is 2.17. The first kappa shape index (κ1) is 20.4. The van der Waals surface area contributed by atoms with Gasteiger partial charge in [0.05, 0.1) is 6.61 Å². The second-order valence-corrected chi connectivity index (χ2v) is 5.15. The number of aromatic nitrogens is 3. The molecule has 0 amide bonds. The Morgan fingerprint density at radius 2 is 2.08 bits per heavy atom. The largest absolute Gasteiger partial charge is 0.383 e. The first-order valence-corrected chi connectivity index (χ1v) is 7.72. The number of nitrogens with zero attached hydrogens (tertiary/aromatic N) is 4. The highest BCUT2D eigenvalue weighted by Crippen LogP contribution is 2.09. The van der Waals surface area contributed by atoms with Gasteiger partial charge in [-0.05, 0) is 26.0 Å². The van der Waals surface area contributed by atoms with Crippen molar-refractivity contribution in [3.05, 3.63) is 42.5 Å². The summed E-state index contributed by atoms with van der Waals surface area (Å²) in [6.45, 7) is 5.92. The molecule has 2 N–H and O–H groups in total. The van der Waals surface area contributed by atoms with Crippen molar-refractivity contribution >= 4 is 29.9 Å². The van der Waals surface area contributed by atoms with Crippen LogP contribution in [0.4, 0.5) is 0 Å². The molecule has 0 bridgehead atoms. The number of halogens is 1.